The van der Waals surface area contributed by atoms with Gasteiger partial charge in [-0.3, -0.25) is 0 Å². The fourth-order valence-electron chi connectivity index (χ4n) is 3.20. The number of aromatic nitrogens is 4. The Labute approximate surface area is 138 Å². The van der Waals surface area contributed by atoms with Crippen LogP contribution in [0.4, 0.5) is 0 Å². The molecule has 2 heterocycles. The monoisotopic (exact) mass is 310 g/mol. The molecule has 2 aromatic heterocycles. The van der Waals surface area contributed by atoms with Gasteiger partial charge in [-0.2, -0.15) is 0 Å². The summed E-state index contributed by atoms with van der Waals surface area (Å²) in [5, 5.41) is 10.8. The maximum absolute atomic E-state index is 4.29. The van der Waals surface area contributed by atoms with E-state index in [0.717, 1.165) is 28.0 Å². The zero-order valence-corrected chi connectivity index (χ0v) is 12.8. The van der Waals surface area contributed by atoms with Gasteiger partial charge in [-0.1, -0.05) is 53.7 Å². The number of benzene rings is 3. The number of nitrogens with one attached hydrogen (secondary N) is 1. The summed E-state index contributed by atoms with van der Waals surface area (Å²) >= 11 is 0. The summed E-state index contributed by atoms with van der Waals surface area (Å²) in [6, 6.07) is 24.9. The predicted molar refractivity (Wildman–Crippen MR) is 96.2 cm³/mol. The van der Waals surface area contributed by atoms with Crippen LogP contribution in [-0.2, 0) is 0 Å². The number of para-hydroxylation sites is 1. The Kier molecular flexibility index (Phi) is 2.76. The summed E-state index contributed by atoms with van der Waals surface area (Å²) in [4.78, 5) is 3.45. The molecule has 0 amide bonds. The molecule has 4 heteroatoms. The molecule has 0 unspecified atom stereocenters. The first-order chi connectivity index (χ1) is 11.9. The highest BCUT2D eigenvalue weighted by molar-refractivity contribution is 6.07. The number of aromatic amines is 1. The Bertz CT molecular complexity index is 1150. The Morgan fingerprint density at radius 3 is 2.46 bits per heavy atom. The Morgan fingerprint density at radius 1 is 0.750 bits per heavy atom. The zero-order chi connectivity index (χ0) is 15.9. The topological polar surface area (TPSA) is 46.5 Å². The average Bonchev–Trinajstić information content (AvgIpc) is 3.26. The number of fused-ring (bicyclic) bond motifs is 3. The minimum Gasteiger partial charge on any atom is -0.355 e. The molecule has 0 aliphatic rings. The van der Waals surface area contributed by atoms with Gasteiger partial charge in [-0.05, 0) is 24.3 Å². The lowest BCUT2D eigenvalue weighted by atomic mass is 10.1. The first-order valence-corrected chi connectivity index (χ1v) is 7.87. The molecule has 1 N–H and O–H groups in total. The number of hydrogen-bond acceptors (Lipinski definition) is 2. The fourth-order valence-corrected chi connectivity index (χ4v) is 3.20. The van der Waals surface area contributed by atoms with Crippen molar-refractivity contribution in [3.8, 4) is 16.9 Å². The van der Waals surface area contributed by atoms with Crippen molar-refractivity contribution in [1.29, 1.82) is 0 Å². The third-order valence-electron chi connectivity index (χ3n) is 4.35. The standard InChI is InChI=1S/C20H14N4/c1-2-6-14(7-3-1)20-13-21-23-24(20)15-10-11-19-17(12-15)16-8-4-5-9-18(16)22-19/h1-13,22H. The van der Waals surface area contributed by atoms with Gasteiger partial charge in [0, 0.05) is 27.4 Å². The lowest BCUT2D eigenvalue weighted by Crippen LogP contribution is -1.99. The van der Waals surface area contributed by atoms with Gasteiger partial charge in [0.05, 0.1) is 17.6 Å². The average molecular weight is 310 g/mol. The van der Waals surface area contributed by atoms with Crippen LogP contribution in [0.5, 0.6) is 0 Å². The molecule has 5 rings (SSSR count). The second kappa shape index (κ2) is 5.06. The second-order valence-electron chi connectivity index (χ2n) is 5.80. The smallest absolute Gasteiger partial charge is 0.0944 e. The SMILES string of the molecule is c1ccc(-c2cnnn2-c2ccc3[nH]c4ccccc4c3c2)cc1. The van der Waals surface area contributed by atoms with E-state index in [1.54, 1.807) is 6.20 Å². The summed E-state index contributed by atoms with van der Waals surface area (Å²) < 4.78 is 1.89. The van der Waals surface area contributed by atoms with Gasteiger partial charge in [0.2, 0.25) is 0 Å². The van der Waals surface area contributed by atoms with Gasteiger partial charge in [0.1, 0.15) is 0 Å². The van der Waals surface area contributed by atoms with Crippen molar-refractivity contribution in [1.82, 2.24) is 20.0 Å². The van der Waals surface area contributed by atoms with Crippen molar-refractivity contribution >= 4 is 21.8 Å². The van der Waals surface area contributed by atoms with Gasteiger partial charge in [0.25, 0.3) is 0 Å². The molecular weight excluding hydrogens is 296 g/mol. The summed E-state index contributed by atoms with van der Waals surface area (Å²) in [6.45, 7) is 0. The molecule has 0 radical (unpaired) electrons. The Morgan fingerprint density at radius 2 is 1.54 bits per heavy atom. The van der Waals surface area contributed by atoms with Crippen molar-refractivity contribution in [3.63, 3.8) is 0 Å². The highest BCUT2D eigenvalue weighted by Gasteiger charge is 2.10. The van der Waals surface area contributed by atoms with E-state index in [2.05, 4.69) is 63.8 Å². The van der Waals surface area contributed by atoms with Crippen LogP contribution in [0.25, 0.3) is 38.8 Å². The fraction of sp³-hybridized carbons (Fsp3) is 0. The molecular formula is C20H14N4. The Hall–Kier alpha value is -3.40. The van der Waals surface area contributed by atoms with Crippen LogP contribution in [0.15, 0.2) is 79.0 Å². The van der Waals surface area contributed by atoms with Gasteiger partial charge in [-0.25, -0.2) is 4.68 Å². The van der Waals surface area contributed by atoms with E-state index in [0.29, 0.717) is 0 Å². The van der Waals surface area contributed by atoms with E-state index in [1.165, 1.54) is 10.8 Å². The van der Waals surface area contributed by atoms with Crippen molar-refractivity contribution in [2.24, 2.45) is 0 Å². The highest BCUT2D eigenvalue weighted by Crippen LogP contribution is 2.28. The summed E-state index contributed by atoms with van der Waals surface area (Å²) in [5.74, 6) is 0. The lowest BCUT2D eigenvalue weighted by molar-refractivity contribution is 0.809. The maximum atomic E-state index is 4.29. The first kappa shape index (κ1) is 13.1. The van der Waals surface area contributed by atoms with E-state index in [1.807, 2.05) is 28.9 Å². The van der Waals surface area contributed by atoms with Crippen LogP contribution in [-0.4, -0.2) is 20.0 Å². The molecule has 0 spiro atoms. The van der Waals surface area contributed by atoms with Crippen molar-refractivity contribution < 1.29 is 0 Å². The van der Waals surface area contributed by atoms with Crippen LogP contribution in [0.3, 0.4) is 0 Å². The van der Waals surface area contributed by atoms with E-state index < -0.39 is 0 Å². The minimum atomic E-state index is 0.981. The minimum absolute atomic E-state index is 0.981. The van der Waals surface area contributed by atoms with Crippen LogP contribution >= 0.6 is 0 Å². The van der Waals surface area contributed by atoms with E-state index >= 15 is 0 Å². The lowest BCUT2D eigenvalue weighted by Gasteiger charge is -2.06. The van der Waals surface area contributed by atoms with E-state index in [9.17, 15) is 0 Å². The molecule has 0 aliphatic heterocycles. The van der Waals surface area contributed by atoms with E-state index in [4.69, 9.17) is 0 Å². The molecule has 0 saturated carbocycles. The quantitative estimate of drug-likeness (QED) is 0.519. The number of nitrogens with zero attached hydrogens (tertiary/aromatic N) is 3. The van der Waals surface area contributed by atoms with Gasteiger partial charge >= 0.3 is 0 Å². The summed E-state index contributed by atoms with van der Waals surface area (Å²) in [7, 11) is 0. The Balaban J connectivity index is 1.73. The highest BCUT2D eigenvalue weighted by atomic mass is 15.4. The van der Waals surface area contributed by atoms with Gasteiger partial charge in [0.15, 0.2) is 0 Å². The molecule has 24 heavy (non-hydrogen) atoms. The molecule has 5 aromatic rings. The first-order valence-electron chi connectivity index (χ1n) is 7.87. The van der Waals surface area contributed by atoms with Crippen LogP contribution in [0.1, 0.15) is 0 Å². The number of hydrogen-bond donors (Lipinski definition) is 1. The normalized spacial score (nSPS) is 11.3. The summed E-state index contributed by atoms with van der Waals surface area (Å²) in [5.41, 5.74) is 5.35. The molecule has 0 fully saturated rings. The predicted octanol–water partition coefficient (Wildman–Crippen LogP) is 4.57. The van der Waals surface area contributed by atoms with Crippen LogP contribution in [0, 0.1) is 0 Å². The third-order valence-corrected chi connectivity index (χ3v) is 4.35. The molecule has 0 saturated heterocycles. The van der Waals surface area contributed by atoms with Gasteiger partial charge < -0.3 is 4.98 Å². The maximum Gasteiger partial charge on any atom is 0.0944 e. The van der Waals surface area contributed by atoms with Crippen molar-refractivity contribution in [3.05, 3.63) is 79.0 Å². The van der Waals surface area contributed by atoms with E-state index in [-0.39, 0.29) is 0 Å². The molecule has 114 valence electrons. The largest absolute Gasteiger partial charge is 0.355 e. The molecule has 4 nitrogen and oxygen atoms in total. The molecule has 0 atom stereocenters. The zero-order valence-electron chi connectivity index (χ0n) is 12.8. The molecule has 0 bridgehead atoms. The van der Waals surface area contributed by atoms with Crippen molar-refractivity contribution in [2.75, 3.05) is 0 Å². The van der Waals surface area contributed by atoms with Gasteiger partial charge in [-0.15, -0.1) is 5.10 Å². The second-order valence-corrected chi connectivity index (χ2v) is 5.80. The van der Waals surface area contributed by atoms with Crippen LogP contribution in [0.2, 0.25) is 0 Å². The van der Waals surface area contributed by atoms with Crippen LogP contribution < -0.4 is 0 Å². The third kappa shape index (κ3) is 1.93. The molecule has 0 aliphatic carbocycles. The molecule has 3 aromatic carbocycles. The number of rotatable bonds is 2. The number of H-pyrrole nitrogens is 1. The van der Waals surface area contributed by atoms with Crippen molar-refractivity contribution in [2.45, 2.75) is 0 Å². The summed E-state index contributed by atoms with van der Waals surface area (Å²) in [6.07, 6.45) is 1.80.